The summed E-state index contributed by atoms with van der Waals surface area (Å²) < 4.78 is 58.6. The van der Waals surface area contributed by atoms with Crippen molar-refractivity contribution >= 4 is 11.6 Å². The highest BCUT2D eigenvalue weighted by atomic mass is 19.4. The zero-order valence-electron chi connectivity index (χ0n) is 13.4. The van der Waals surface area contributed by atoms with Crippen molar-refractivity contribution in [1.29, 1.82) is 0 Å². The lowest BCUT2D eigenvalue weighted by Crippen LogP contribution is -2.41. The standard InChI is InChI=1S/C15H11F4N3O4/c1-20-9-4-8(7(16)3-10(9)26-6-13(20)24)22-12(23)5-11(15(17,18)19)21(2)14(22)25/h3-5H,6H2,1-2H3. The van der Waals surface area contributed by atoms with Crippen molar-refractivity contribution in [1.82, 2.24) is 9.13 Å². The summed E-state index contributed by atoms with van der Waals surface area (Å²) >= 11 is 0. The Kier molecular flexibility index (Phi) is 3.89. The van der Waals surface area contributed by atoms with Crippen LogP contribution in [0.3, 0.4) is 0 Å². The van der Waals surface area contributed by atoms with Gasteiger partial charge in [-0.25, -0.2) is 13.8 Å². The molecule has 0 spiro atoms. The molecule has 26 heavy (non-hydrogen) atoms. The van der Waals surface area contributed by atoms with Gasteiger partial charge in [0.15, 0.2) is 12.4 Å². The summed E-state index contributed by atoms with van der Waals surface area (Å²) in [6, 6.07) is 2.06. The molecule has 0 aliphatic carbocycles. The Morgan fingerprint density at radius 3 is 2.31 bits per heavy atom. The van der Waals surface area contributed by atoms with Crippen LogP contribution in [-0.4, -0.2) is 28.7 Å². The smallest absolute Gasteiger partial charge is 0.431 e. The number of carbonyl (C=O) groups excluding carboxylic acids is 1. The SMILES string of the molecule is CN1C(=O)COc2cc(F)c(-n3c(=O)cc(C(F)(F)F)n(C)c3=O)cc21. The van der Waals surface area contributed by atoms with Crippen LogP contribution in [0, 0.1) is 5.82 Å². The Hall–Kier alpha value is -3.11. The lowest BCUT2D eigenvalue weighted by atomic mass is 10.2. The van der Waals surface area contributed by atoms with Crippen LogP contribution in [0.1, 0.15) is 5.69 Å². The number of benzene rings is 1. The van der Waals surface area contributed by atoms with Crippen molar-refractivity contribution in [3.63, 3.8) is 0 Å². The average Bonchev–Trinajstić information content (AvgIpc) is 2.54. The molecule has 0 saturated carbocycles. The van der Waals surface area contributed by atoms with Crippen LogP contribution in [0.25, 0.3) is 5.69 Å². The summed E-state index contributed by atoms with van der Waals surface area (Å²) in [5, 5.41) is 0. The molecular weight excluding hydrogens is 362 g/mol. The van der Waals surface area contributed by atoms with Crippen molar-refractivity contribution in [2.75, 3.05) is 18.6 Å². The van der Waals surface area contributed by atoms with E-state index in [9.17, 15) is 31.9 Å². The third-order valence-electron chi connectivity index (χ3n) is 3.97. The van der Waals surface area contributed by atoms with E-state index in [-0.39, 0.29) is 33.2 Å². The number of nitrogens with zero attached hydrogens (tertiary/aromatic N) is 3. The van der Waals surface area contributed by atoms with Gasteiger partial charge in [0.25, 0.3) is 11.5 Å². The Balaban J connectivity index is 2.29. The molecule has 11 heteroatoms. The fourth-order valence-electron chi connectivity index (χ4n) is 2.57. The molecule has 0 saturated heterocycles. The molecule has 0 N–H and O–H groups in total. The van der Waals surface area contributed by atoms with Crippen molar-refractivity contribution < 1.29 is 27.1 Å². The molecule has 1 aliphatic heterocycles. The molecule has 3 rings (SSSR count). The van der Waals surface area contributed by atoms with Crippen LogP contribution in [0.5, 0.6) is 5.75 Å². The summed E-state index contributed by atoms with van der Waals surface area (Å²) in [6.07, 6.45) is -4.93. The highest BCUT2D eigenvalue weighted by Crippen LogP contribution is 2.34. The first-order valence-electron chi connectivity index (χ1n) is 7.16. The number of carbonyl (C=O) groups is 1. The van der Waals surface area contributed by atoms with Gasteiger partial charge in [-0.05, 0) is 6.07 Å². The highest BCUT2D eigenvalue weighted by Gasteiger charge is 2.35. The van der Waals surface area contributed by atoms with E-state index >= 15 is 0 Å². The molecule has 2 heterocycles. The van der Waals surface area contributed by atoms with Crippen molar-refractivity contribution in [3.8, 4) is 11.4 Å². The van der Waals surface area contributed by atoms with Crippen LogP contribution >= 0.6 is 0 Å². The molecule has 138 valence electrons. The molecule has 1 aromatic carbocycles. The topological polar surface area (TPSA) is 73.5 Å². The zero-order valence-corrected chi connectivity index (χ0v) is 13.4. The van der Waals surface area contributed by atoms with Gasteiger partial charge in [-0.3, -0.25) is 14.2 Å². The Bertz CT molecular complexity index is 1040. The fourth-order valence-corrected chi connectivity index (χ4v) is 2.57. The van der Waals surface area contributed by atoms with E-state index in [0.717, 1.165) is 24.1 Å². The summed E-state index contributed by atoms with van der Waals surface area (Å²) in [4.78, 5) is 37.2. The molecule has 2 aromatic rings. The summed E-state index contributed by atoms with van der Waals surface area (Å²) in [5.41, 5.74) is -4.71. The number of amides is 1. The maximum atomic E-state index is 14.4. The maximum Gasteiger partial charge on any atom is 0.431 e. The van der Waals surface area contributed by atoms with E-state index in [1.807, 2.05) is 0 Å². The number of hydrogen-bond donors (Lipinski definition) is 0. The van der Waals surface area contributed by atoms with Gasteiger partial charge in [0.05, 0.1) is 11.4 Å². The van der Waals surface area contributed by atoms with E-state index < -0.39 is 40.5 Å². The second kappa shape index (κ2) is 5.71. The monoisotopic (exact) mass is 373 g/mol. The molecular formula is C15H11F4N3O4. The first-order chi connectivity index (χ1) is 12.0. The number of anilines is 1. The molecule has 0 atom stereocenters. The first-order valence-corrected chi connectivity index (χ1v) is 7.16. The Morgan fingerprint density at radius 2 is 1.69 bits per heavy atom. The van der Waals surface area contributed by atoms with E-state index in [2.05, 4.69) is 0 Å². The molecule has 0 unspecified atom stereocenters. The number of alkyl halides is 3. The van der Waals surface area contributed by atoms with E-state index in [1.165, 1.54) is 7.05 Å². The second-order valence-electron chi connectivity index (χ2n) is 5.56. The molecule has 0 radical (unpaired) electrons. The van der Waals surface area contributed by atoms with Crippen LogP contribution in [0.4, 0.5) is 23.2 Å². The van der Waals surface area contributed by atoms with Gasteiger partial charge in [0.1, 0.15) is 11.4 Å². The number of hydrogen-bond acceptors (Lipinski definition) is 4. The van der Waals surface area contributed by atoms with Gasteiger partial charge >= 0.3 is 11.9 Å². The zero-order chi connectivity index (χ0) is 19.4. The van der Waals surface area contributed by atoms with Gasteiger partial charge in [-0.15, -0.1) is 0 Å². The summed E-state index contributed by atoms with van der Waals surface area (Å²) in [6.45, 7) is -0.315. The molecule has 0 fully saturated rings. The number of likely N-dealkylation sites (N-methyl/N-ethyl adjacent to an activating group) is 1. The summed E-state index contributed by atoms with van der Waals surface area (Å²) in [7, 11) is 2.19. The number of ether oxygens (including phenoxy) is 1. The Labute approximate surface area is 142 Å². The van der Waals surface area contributed by atoms with Crippen molar-refractivity contribution in [2.45, 2.75) is 6.18 Å². The lowest BCUT2D eigenvalue weighted by molar-refractivity contribution is -0.144. The minimum absolute atomic E-state index is 0.00475. The minimum atomic E-state index is -4.93. The number of rotatable bonds is 1. The average molecular weight is 373 g/mol. The normalized spacial score (nSPS) is 14.2. The molecule has 1 aromatic heterocycles. The van der Waals surface area contributed by atoms with E-state index in [4.69, 9.17) is 4.74 Å². The van der Waals surface area contributed by atoms with Gasteiger partial charge in [0, 0.05) is 26.2 Å². The number of halogens is 4. The molecule has 1 amide bonds. The lowest BCUT2D eigenvalue weighted by Gasteiger charge is -2.26. The van der Waals surface area contributed by atoms with Crippen molar-refractivity contribution in [2.24, 2.45) is 7.05 Å². The van der Waals surface area contributed by atoms with Gasteiger partial charge in [0.2, 0.25) is 0 Å². The predicted molar refractivity (Wildman–Crippen MR) is 81.1 cm³/mol. The van der Waals surface area contributed by atoms with Crippen LogP contribution < -0.4 is 20.9 Å². The highest BCUT2D eigenvalue weighted by molar-refractivity contribution is 5.97. The number of aromatic nitrogens is 2. The quantitative estimate of drug-likeness (QED) is 0.701. The molecule has 7 nitrogen and oxygen atoms in total. The second-order valence-corrected chi connectivity index (χ2v) is 5.56. The fraction of sp³-hybridized carbons (Fsp3) is 0.267. The largest absolute Gasteiger partial charge is 0.481 e. The van der Waals surface area contributed by atoms with Crippen molar-refractivity contribution in [3.05, 3.63) is 50.5 Å². The molecule has 1 aliphatic rings. The third kappa shape index (κ3) is 2.65. The van der Waals surface area contributed by atoms with Gasteiger partial charge < -0.3 is 9.64 Å². The van der Waals surface area contributed by atoms with Gasteiger partial charge in [-0.2, -0.15) is 13.2 Å². The van der Waals surface area contributed by atoms with E-state index in [0.29, 0.717) is 0 Å². The van der Waals surface area contributed by atoms with Crippen LogP contribution in [-0.2, 0) is 18.0 Å². The van der Waals surface area contributed by atoms with Crippen LogP contribution in [0.15, 0.2) is 27.8 Å². The predicted octanol–water partition coefficient (Wildman–Crippen LogP) is 1.05. The van der Waals surface area contributed by atoms with E-state index in [1.54, 1.807) is 0 Å². The van der Waals surface area contributed by atoms with Crippen LogP contribution in [0.2, 0.25) is 0 Å². The van der Waals surface area contributed by atoms with Gasteiger partial charge in [-0.1, -0.05) is 0 Å². The summed E-state index contributed by atoms with van der Waals surface area (Å²) in [5.74, 6) is -1.52. The minimum Gasteiger partial charge on any atom is -0.481 e. The first kappa shape index (κ1) is 17.7. The number of fused-ring (bicyclic) bond motifs is 1. The third-order valence-corrected chi connectivity index (χ3v) is 3.97. The maximum absolute atomic E-state index is 14.4. The molecule has 0 bridgehead atoms. The Morgan fingerprint density at radius 1 is 1.04 bits per heavy atom.